The highest BCUT2D eigenvalue weighted by atomic mass is 35.5. The first kappa shape index (κ1) is 21.2. The predicted molar refractivity (Wildman–Crippen MR) is 118 cm³/mol. The molecule has 29 heavy (non-hydrogen) atoms. The van der Waals surface area contributed by atoms with E-state index in [0.29, 0.717) is 27.0 Å². The maximum atomic E-state index is 9.63. The maximum absolute atomic E-state index is 9.63. The monoisotopic (exact) mass is 448 g/mol. The standard InChI is InChI=1S/C19H18Cl2N6OS/c1-2-3-24-19-25-9-17(29-19)16-5-10(26-18(27-16)15(23)8-22)4-12-13(20)6-11(28)7-14(12)21/h5-9,22-23,28H,2-4H2,1H3,(H,24,25). The Morgan fingerprint density at radius 1 is 1.24 bits per heavy atom. The highest BCUT2D eigenvalue weighted by molar-refractivity contribution is 7.18. The van der Waals surface area contributed by atoms with E-state index in [4.69, 9.17) is 34.0 Å². The van der Waals surface area contributed by atoms with Crippen LogP contribution in [0.5, 0.6) is 5.75 Å². The van der Waals surface area contributed by atoms with E-state index in [9.17, 15) is 5.11 Å². The van der Waals surface area contributed by atoms with Gasteiger partial charge in [0.05, 0.1) is 10.6 Å². The second kappa shape index (κ2) is 9.30. The summed E-state index contributed by atoms with van der Waals surface area (Å²) in [6, 6.07) is 4.62. The van der Waals surface area contributed by atoms with Crippen molar-refractivity contribution in [3.8, 4) is 16.3 Å². The summed E-state index contributed by atoms with van der Waals surface area (Å²) in [5.41, 5.74) is 1.69. The van der Waals surface area contributed by atoms with Crippen LogP contribution in [0, 0.1) is 10.8 Å². The van der Waals surface area contributed by atoms with E-state index in [1.807, 2.05) is 0 Å². The van der Waals surface area contributed by atoms with Crippen LogP contribution in [0.25, 0.3) is 10.6 Å². The van der Waals surface area contributed by atoms with Gasteiger partial charge >= 0.3 is 0 Å². The fraction of sp³-hybridized carbons (Fsp3) is 0.211. The molecule has 150 valence electrons. The van der Waals surface area contributed by atoms with E-state index in [0.717, 1.165) is 29.2 Å². The summed E-state index contributed by atoms with van der Waals surface area (Å²) in [6.07, 6.45) is 3.88. The number of hydrogen-bond acceptors (Lipinski definition) is 8. The van der Waals surface area contributed by atoms with Crippen LogP contribution in [0.1, 0.15) is 30.4 Å². The van der Waals surface area contributed by atoms with Crippen molar-refractivity contribution in [2.75, 3.05) is 11.9 Å². The van der Waals surface area contributed by atoms with Crippen molar-refractivity contribution < 1.29 is 5.11 Å². The third-order valence-corrected chi connectivity index (χ3v) is 5.58. The molecule has 0 fully saturated rings. The lowest BCUT2D eigenvalue weighted by Crippen LogP contribution is -2.09. The Morgan fingerprint density at radius 3 is 2.62 bits per heavy atom. The summed E-state index contributed by atoms with van der Waals surface area (Å²) in [5.74, 6) is 0.116. The van der Waals surface area contributed by atoms with Crippen molar-refractivity contribution in [1.29, 1.82) is 10.8 Å². The van der Waals surface area contributed by atoms with Gasteiger partial charge in [0, 0.05) is 41.1 Å². The molecule has 0 unspecified atom stereocenters. The first-order valence-electron chi connectivity index (χ1n) is 8.75. The number of nitrogens with one attached hydrogen (secondary N) is 3. The summed E-state index contributed by atoms with van der Waals surface area (Å²) < 4.78 is 0. The Kier molecular flexibility index (Phi) is 6.79. The van der Waals surface area contributed by atoms with Crippen molar-refractivity contribution in [3.05, 3.63) is 51.5 Å². The Labute approximate surface area is 181 Å². The molecule has 3 rings (SSSR count). The molecule has 2 heterocycles. The van der Waals surface area contributed by atoms with Crippen molar-refractivity contribution in [3.63, 3.8) is 0 Å². The second-order valence-corrected chi connectivity index (χ2v) is 7.99. The molecule has 0 spiro atoms. The largest absolute Gasteiger partial charge is 0.508 e. The number of hydrogen-bond donors (Lipinski definition) is 4. The van der Waals surface area contributed by atoms with E-state index in [1.165, 1.54) is 23.5 Å². The Balaban J connectivity index is 2.01. The lowest BCUT2D eigenvalue weighted by atomic mass is 10.1. The fourth-order valence-corrected chi connectivity index (χ4v) is 3.96. The van der Waals surface area contributed by atoms with E-state index in [1.54, 1.807) is 12.3 Å². The molecule has 0 aliphatic heterocycles. The minimum Gasteiger partial charge on any atom is -0.508 e. The number of benzene rings is 1. The van der Waals surface area contributed by atoms with E-state index in [-0.39, 0.29) is 23.7 Å². The van der Waals surface area contributed by atoms with Gasteiger partial charge in [-0.3, -0.25) is 5.41 Å². The number of phenols is 1. The molecule has 0 radical (unpaired) electrons. The highest BCUT2D eigenvalue weighted by Gasteiger charge is 2.15. The zero-order chi connectivity index (χ0) is 21.0. The first-order valence-corrected chi connectivity index (χ1v) is 10.3. The normalized spacial score (nSPS) is 10.7. The van der Waals surface area contributed by atoms with Crippen LogP contribution in [0.4, 0.5) is 5.13 Å². The molecular weight excluding hydrogens is 431 g/mol. The van der Waals surface area contributed by atoms with Crippen molar-refractivity contribution in [2.24, 2.45) is 0 Å². The van der Waals surface area contributed by atoms with E-state index < -0.39 is 0 Å². The molecular formula is C19H18Cl2N6OS. The number of halogens is 2. The number of phenolic OH excluding ortho intramolecular Hbond substituents is 1. The molecule has 2 aromatic heterocycles. The molecule has 1 aromatic carbocycles. The summed E-state index contributed by atoms with van der Waals surface area (Å²) in [6.45, 7) is 2.90. The molecule has 0 aliphatic rings. The molecule has 0 saturated carbocycles. The summed E-state index contributed by atoms with van der Waals surface area (Å²) in [4.78, 5) is 14.0. The quantitative estimate of drug-likeness (QED) is 0.359. The molecule has 0 saturated heterocycles. The average Bonchev–Trinajstić information content (AvgIpc) is 3.17. The van der Waals surface area contributed by atoms with Gasteiger partial charge in [-0.2, -0.15) is 0 Å². The number of aromatic nitrogens is 3. The van der Waals surface area contributed by atoms with Crippen LogP contribution in [0.2, 0.25) is 10.0 Å². The van der Waals surface area contributed by atoms with Crippen molar-refractivity contribution in [1.82, 2.24) is 15.0 Å². The average molecular weight is 449 g/mol. The van der Waals surface area contributed by atoms with Gasteiger partial charge in [0.1, 0.15) is 11.5 Å². The fourth-order valence-electron chi connectivity index (χ4n) is 2.55. The molecule has 0 amide bonds. The SMILES string of the molecule is CCCNc1ncc(-c2cc(Cc3c(Cl)cc(O)cc3Cl)nc(C(=N)C=N)n2)s1. The topological polar surface area (TPSA) is 119 Å². The minimum atomic E-state index is -0.107. The zero-order valence-electron chi connectivity index (χ0n) is 15.5. The van der Waals surface area contributed by atoms with E-state index >= 15 is 0 Å². The van der Waals surface area contributed by atoms with Crippen LogP contribution < -0.4 is 5.32 Å². The molecule has 0 aliphatic carbocycles. The second-order valence-electron chi connectivity index (χ2n) is 6.15. The predicted octanol–water partition coefficient (Wildman–Crippen LogP) is 5.04. The summed E-state index contributed by atoms with van der Waals surface area (Å²) in [5, 5.41) is 29.6. The van der Waals surface area contributed by atoms with Gasteiger partial charge in [-0.1, -0.05) is 41.5 Å². The number of thiazole rings is 1. The third-order valence-electron chi connectivity index (χ3n) is 3.93. The van der Waals surface area contributed by atoms with Gasteiger partial charge in [-0.05, 0) is 30.2 Å². The third kappa shape index (κ3) is 5.09. The first-order chi connectivity index (χ1) is 13.9. The lowest BCUT2D eigenvalue weighted by Gasteiger charge is -2.10. The van der Waals surface area contributed by atoms with Crippen LogP contribution in [0.3, 0.4) is 0 Å². The van der Waals surface area contributed by atoms with Gasteiger partial charge in [0.15, 0.2) is 11.0 Å². The molecule has 3 aromatic rings. The summed E-state index contributed by atoms with van der Waals surface area (Å²) in [7, 11) is 0. The van der Waals surface area contributed by atoms with Crippen LogP contribution >= 0.6 is 34.5 Å². The van der Waals surface area contributed by atoms with Gasteiger partial charge in [-0.15, -0.1) is 0 Å². The number of aromatic hydroxyl groups is 1. The van der Waals surface area contributed by atoms with Gasteiger partial charge in [-0.25, -0.2) is 15.0 Å². The molecule has 0 bridgehead atoms. The smallest absolute Gasteiger partial charge is 0.183 e. The van der Waals surface area contributed by atoms with Crippen LogP contribution in [0.15, 0.2) is 24.4 Å². The Bertz CT molecular complexity index is 1050. The molecule has 4 N–H and O–H groups in total. The minimum absolute atomic E-state index is 0.0184. The van der Waals surface area contributed by atoms with E-state index in [2.05, 4.69) is 27.2 Å². The molecule has 7 nitrogen and oxygen atoms in total. The number of nitrogens with zero attached hydrogens (tertiary/aromatic N) is 3. The number of rotatable bonds is 8. The van der Waals surface area contributed by atoms with Gasteiger partial charge in [0.2, 0.25) is 0 Å². The van der Waals surface area contributed by atoms with Crippen molar-refractivity contribution in [2.45, 2.75) is 19.8 Å². The maximum Gasteiger partial charge on any atom is 0.183 e. The lowest BCUT2D eigenvalue weighted by molar-refractivity contribution is 0.475. The van der Waals surface area contributed by atoms with Crippen molar-refractivity contribution >= 4 is 51.6 Å². The number of anilines is 1. The van der Waals surface area contributed by atoms with Gasteiger partial charge in [0.25, 0.3) is 0 Å². The Morgan fingerprint density at radius 2 is 1.97 bits per heavy atom. The molecule has 10 heteroatoms. The zero-order valence-corrected chi connectivity index (χ0v) is 17.8. The molecule has 0 atom stereocenters. The summed E-state index contributed by atoms with van der Waals surface area (Å²) >= 11 is 13.9. The highest BCUT2D eigenvalue weighted by Crippen LogP contribution is 2.33. The van der Waals surface area contributed by atoms with Gasteiger partial charge < -0.3 is 15.8 Å². The Hall–Kier alpha value is -2.55. The van der Waals surface area contributed by atoms with Crippen LogP contribution in [-0.2, 0) is 6.42 Å². The van der Waals surface area contributed by atoms with Crippen LogP contribution in [-0.4, -0.2) is 38.5 Å².